The van der Waals surface area contributed by atoms with Gasteiger partial charge in [0.2, 0.25) is 0 Å². The second-order valence-corrected chi connectivity index (χ2v) is 3.64. The summed E-state index contributed by atoms with van der Waals surface area (Å²) in [4.78, 5) is 14.3. The highest BCUT2D eigenvalue weighted by molar-refractivity contribution is 5.76. The fourth-order valence-electron chi connectivity index (χ4n) is 1.92. The normalized spacial score (nSPS) is 15.1. The third-order valence-electron chi connectivity index (χ3n) is 2.69. The van der Waals surface area contributed by atoms with E-state index in [4.69, 9.17) is 0 Å². The van der Waals surface area contributed by atoms with Crippen LogP contribution in [0, 0.1) is 5.82 Å². The van der Waals surface area contributed by atoms with E-state index in [1.54, 1.807) is 6.07 Å². The molecule has 0 fully saturated rings. The molecule has 4 heteroatoms. The summed E-state index contributed by atoms with van der Waals surface area (Å²) >= 11 is 0. The van der Waals surface area contributed by atoms with Crippen LogP contribution in [0.3, 0.4) is 0 Å². The van der Waals surface area contributed by atoms with Gasteiger partial charge in [0.1, 0.15) is 12.1 Å². The molecule has 0 saturated heterocycles. The van der Waals surface area contributed by atoms with E-state index in [0.717, 1.165) is 25.1 Å². The summed E-state index contributed by atoms with van der Waals surface area (Å²) in [7, 11) is 1.86. The van der Waals surface area contributed by atoms with Crippen molar-refractivity contribution < 1.29 is 9.18 Å². The summed E-state index contributed by atoms with van der Waals surface area (Å²) in [6, 6.07) is 4.96. The molecule has 0 aliphatic carbocycles. The molecule has 15 heavy (non-hydrogen) atoms. The van der Waals surface area contributed by atoms with Gasteiger partial charge in [0, 0.05) is 20.1 Å². The summed E-state index contributed by atoms with van der Waals surface area (Å²) < 4.78 is 13.6. The SMILES string of the molecule is CN1CCN(CC=O)c2cccc(F)c21. The Hall–Kier alpha value is -1.58. The van der Waals surface area contributed by atoms with Crippen molar-refractivity contribution in [1.82, 2.24) is 0 Å². The number of rotatable bonds is 2. The van der Waals surface area contributed by atoms with Gasteiger partial charge in [-0.25, -0.2) is 4.39 Å². The van der Waals surface area contributed by atoms with Gasteiger partial charge in [-0.1, -0.05) is 6.07 Å². The van der Waals surface area contributed by atoms with Gasteiger partial charge in [-0.3, -0.25) is 0 Å². The molecule has 0 spiro atoms. The van der Waals surface area contributed by atoms with Crippen LogP contribution < -0.4 is 9.80 Å². The minimum atomic E-state index is -0.231. The van der Waals surface area contributed by atoms with Crippen molar-refractivity contribution in [2.45, 2.75) is 0 Å². The number of aldehydes is 1. The second kappa shape index (κ2) is 3.88. The number of carbonyl (C=O) groups is 1. The first-order chi connectivity index (χ1) is 7.24. The van der Waals surface area contributed by atoms with Crippen LogP contribution in [-0.4, -0.2) is 33.0 Å². The fraction of sp³-hybridized carbons (Fsp3) is 0.364. The number of carbonyl (C=O) groups excluding carboxylic acids is 1. The molecule has 3 nitrogen and oxygen atoms in total. The molecule has 0 bridgehead atoms. The Morgan fingerprint density at radius 3 is 3.00 bits per heavy atom. The molecule has 0 unspecified atom stereocenters. The first-order valence-corrected chi connectivity index (χ1v) is 4.92. The smallest absolute Gasteiger partial charge is 0.148 e. The summed E-state index contributed by atoms with van der Waals surface area (Å²) in [6.07, 6.45) is 0.847. The van der Waals surface area contributed by atoms with Gasteiger partial charge in [0.25, 0.3) is 0 Å². The third-order valence-corrected chi connectivity index (χ3v) is 2.69. The van der Waals surface area contributed by atoms with Crippen LogP contribution in [0.15, 0.2) is 18.2 Å². The van der Waals surface area contributed by atoms with Crippen molar-refractivity contribution in [3.63, 3.8) is 0 Å². The van der Waals surface area contributed by atoms with Crippen molar-refractivity contribution in [3.8, 4) is 0 Å². The van der Waals surface area contributed by atoms with Gasteiger partial charge in [-0.2, -0.15) is 0 Å². The molecule has 1 aliphatic heterocycles. The monoisotopic (exact) mass is 208 g/mol. The van der Waals surface area contributed by atoms with Crippen molar-refractivity contribution in [1.29, 1.82) is 0 Å². The Kier molecular flexibility index (Phi) is 2.58. The third kappa shape index (κ3) is 1.67. The van der Waals surface area contributed by atoms with E-state index in [-0.39, 0.29) is 5.82 Å². The number of halogens is 1. The van der Waals surface area contributed by atoms with E-state index in [1.165, 1.54) is 6.07 Å². The highest BCUT2D eigenvalue weighted by atomic mass is 19.1. The molecule has 1 aliphatic rings. The molecule has 1 heterocycles. The van der Waals surface area contributed by atoms with E-state index < -0.39 is 0 Å². The topological polar surface area (TPSA) is 23.6 Å². The molecular formula is C11H13FN2O. The standard InChI is InChI=1S/C11H13FN2O/c1-13-5-6-14(7-8-15)10-4-2-3-9(12)11(10)13/h2-4,8H,5-7H2,1H3. The minimum absolute atomic E-state index is 0.231. The van der Waals surface area contributed by atoms with Crippen LogP contribution in [-0.2, 0) is 4.79 Å². The van der Waals surface area contributed by atoms with Crippen LogP contribution >= 0.6 is 0 Å². The summed E-state index contributed by atoms with van der Waals surface area (Å²) in [5.74, 6) is -0.231. The van der Waals surface area contributed by atoms with E-state index in [1.807, 2.05) is 22.9 Å². The van der Waals surface area contributed by atoms with Gasteiger partial charge < -0.3 is 14.6 Å². The van der Waals surface area contributed by atoms with E-state index in [0.29, 0.717) is 12.2 Å². The quantitative estimate of drug-likeness (QED) is 0.684. The van der Waals surface area contributed by atoms with Crippen molar-refractivity contribution in [2.75, 3.05) is 36.5 Å². The number of para-hydroxylation sites is 1. The molecule has 0 saturated carbocycles. The Bertz CT molecular complexity index is 381. The lowest BCUT2D eigenvalue weighted by Gasteiger charge is -2.36. The molecule has 0 N–H and O–H groups in total. The number of anilines is 2. The predicted octanol–water partition coefficient (Wildman–Crippen LogP) is 1.28. The van der Waals surface area contributed by atoms with E-state index in [9.17, 15) is 9.18 Å². The molecular weight excluding hydrogens is 195 g/mol. The van der Waals surface area contributed by atoms with Gasteiger partial charge in [0.15, 0.2) is 0 Å². The number of hydrogen-bond donors (Lipinski definition) is 0. The van der Waals surface area contributed by atoms with E-state index >= 15 is 0 Å². The van der Waals surface area contributed by atoms with Gasteiger partial charge in [-0.15, -0.1) is 0 Å². The first kappa shape index (κ1) is 9.96. The van der Waals surface area contributed by atoms with Crippen molar-refractivity contribution in [3.05, 3.63) is 24.0 Å². The number of benzene rings is 1. The highest BCUT2D eigenvalue weighted by Gasteiger charge is 2.22. The Labute approximate surface area is 88.1 Å². The second-order valence-electron chi connectivity index (χ2n) is 3.64. The lowest BCUT2D eigenvalue weighted by Crippen LogP contribution is -2.40. The lowest BCUT2D eigenvalue weighted by atomic mass is 10.1. The largest absolute Gasteiger partial charge is 0.369 e. The zero-order valence-electron chi connectivity index (χ0n) is 8.61. The molecule has 1 aromatic rings. The summed E-state index contributed by atoms with van der Waals surface area (Å²) in [6.45, 7) is 1.82. The zero-order valence-corrected chi connectivity index (χ0v) is 8.61. The first-order valence-electron chi connectivity index (χ1n) is 4.92. The number of likely N-dealkylation sites (N-methyl/N-ethyl adjacent to an activating group) is 1. The number of fused-ring (bicyclic) bond motifs is 1. The lowest BCUT2D eigenvalue weighted by molar-refractivity contribution is -0.106. The number of hydrogen-bond acceptors (Lipinski definition) is 3. The Morgan fingerprint density at radius 1 is 1.47 bits per heavy atom. The maximum absolute atomic E-state index is 13.6. The minimum Gasteiger partial charge on any atom is -0.369 e. The molecule has 2 rings (SSSR count). The summed E-state index contributed by atoms with van der Waals surface area (Å²) in [5, 5.41) is 0. The zero-order chi connectivity index (χ0) is 10.8. The average Bonchev–Trinajstić information content (AvgIpc) is 2.22. The van der Waals surface area contributed by atoms with Gasteiger partial charge in [0.05, 0.1) is 17.9 Å². The molecule has 80 valence electrons. The average molecular weight is 208 g/mol. The van der Waals surface area contributed by atoms with Crippen LogP contribution in [0.5, 0.6) is 0 Å². The van der Waals surface area contributed by atoms with Crippen molar-refractivity contribution in [2.24, 2.45) is 0 Å². The summed E-state index contributed by atoms with van der Waals surface area (Å²) in [5.41, 5.74) is 1.39. The van der Waals surface area contributed by atoms with Crippen LogP contribution in [0.1, 0.15) is 0 Å². The number of nitrogens with zero attached hydrogens (tertiary/aromatic N) is 2. The van der Waals surface area contributed by atoms with Crippen LogP contribution in [0.25, 0.3) is 0 Å². The van der Waals surface area contributed by atoms with Crippen molar-refractivity contribution >= 4 is 17.7 Å². The van der Waals surface area contributed by atoms with Crippen LogP contribution in [0.4, 0.5) is 15.8 Å². The molecule has 0 radical (unpaired) electrons. The van der Waals surface area contributed by atoms with Crippen LogP contribution in [0.2, 0.25) is 0 Å². The Balaban J connectivity index is 2.45. The maximum atomic E-state index is 13.6. The van der Waals surface area contributed by atoms with Gasteiger partial charge >= 0.3 is 0 Å². The predicted molar refractivity (Wildman–Crippen MR) is 57.9 cm³/mol. The molecule has 0 aromatic heterocycles. The molecule has 0 atom stereocenters. The maximum Gasteiger partial charge on any atom is 0.148 e. The molecule has 1 aromatic carbocycles. The van der Waals surface area contributed by atoms with Gasteiger partial charge in [-0.05, 0) is 12.1 Å². The fourth-order valence-corrected chi connectivity index (χ4v) is 1.92. The Morgan fingerprint density at radius 2 is 2.27 bits per heavy atom. The van der Waals surface area contributed by atoms with E-state index in [2.05, 4.69) is 0 Å². The highest BCUT2D eigenvalue weighted by Crippen LogP contribution is 2.33. The molecule has 0 amide bonds.